The standard InChI is InChI=1S/C15H17FN6O/c1-10-2-3-12(8-18-10)21-14(23)13-9-22(5-4-17-13)15-19-6-11(16)7-20-15/h2-3,6-8,13,17H,4-5,9H2,1H3,(H,21,23)/t13-/m0/s1. The molecule has 2 aromatic rings. The quantitative estimate of drug-likeness (QED) is 0.869. The van der Waals surface area contributed by atoms with Gasteiger partial charge >= 0.3 is 0 Å². The molecule has 8 heteroatoms. The van der Waals surface area contributed by atoms with Crippen molar-refractivity contribution in [3.63, 3.8) is 0 Å². The van der Waals surface area contributed by atoms with Crippen molar-refractivity contribution in [2.45, 2.75) is 13.0 Å². The summed E-state index contributed by atoms with van der Waals surface area (Å²) in [7, 11) is 0. The Bertz CT molecular complexity index is 675. The minimum Gasteiger partial charge on any atom is -0.337 e. The molecule has 0 aromatic carbocycles. The number of carbonyl (C=O) groups excluding carboxylic acids is 1. The van der Waals surface area contributed by atoms with Gasteiger partial charge in [-0.2, -0.15) is 0 Å². The lowest BCUT2D eigenvalue weighted by Crippen LogP contribution is -2.56. The van der Waals surface area contributed by atoms with Crippen LogP contribution >= 0.6 is 0 Å². The lowest BCUT2D eigenvalue weighted by Gasteiger charge is -2.32. The number of pyridine rings is 1. The van der Waals surface area contributed by atoms with Crippen molar-refractivity contribution < 1.29 is 9.18 Å². The lowest BCUT2D eigenvalue weighted by atomic mass is 10.2. The van der Waals surface area contributed by atoms with Crippen molar-refractivity contribution in [1.82, 2.24) is 20.3 Å². The van der Waals surface area contributed by atoms with E-state index >= 15 is 0 Å². The molecule has 0 saturated carbocycles. The Morgan fingerprint density at radius 2 is 2.09 bits per heavy atom. The predicted octanol–water partition coefficient (Wildman–Crippen LogP) is 0.736. The summed E-state index contributed by atoms with van der Waals surface area (Å²) in [4.78, 5) is 26.3. The second kappa shape index (κ2) is 6.66. The van der Waals surface area contributed by atoms with E-state index in [9.17, 15) is 9.18 Å². The molecule has 1 aliphatic rings. The van der Waals surface area contributed by atoms with Gasteiger partial charge in [-0.1, -0.05) is 0 Å². The zero-order valence-electron chi connectivity index (χ0n) is 12.7. The third kappa shape index (κ3) is 3.78. The van der Waals surface area contributed by atoms with Crippen LogP contribution in [0.1, 0.15) is 5.69 Å². The van der Waals surface area contributed by atoms with E-state index in [0.29, 0.717) is 31.3 Å². The Hall–Kier alpha value is -2.61. The maximum atomic E-state index is 12.9. The smallest absolute Gasteiger partial charge is 0.243 e. The van der Waals surface area contributed by atoms with Crippen LogP contribution in [0.4, 0.5) is 16.0 Å². The number of amides is 1. The minimum atomic E-state index is -0.481. The van der Waals surface area contributed by atoms with Crippen LogP contribution in [0.2, 0.25) is 0 Å². The van der Waals surface area contributed by atoms with Crippen molar-refractivity contribution in [3.05, 3.63) is 42.2 Å². The van der Waals surface area contributed by atoms with Crippen LogP contribution in [0.3, 0.4) is 0 Å². The number of hydrogen-bond donors (Lipinski definition) is 2. The summed E-state index contributed by atoms with van der Waals surface area (Å²) >= 11 is 0. The fourth-order valence-electron chi connectivity index (χ4n) is 2.35. The van der Waals surface area contributed by atoms with Gasteiger partial charge in [0.05, 0.1) is 24.3 Å². The average Bonchev–Trinajstić information content (AvgIpc) is 2.58. The van der Waals surface area contributed by atoms with Gasteiger partial charge in [0.25, 0.3) is 0 Å². The molecular weight excluding hydrogens is 299 g/mol. The fraction of sp³-hybridized carbons (Fsp3) is 0.333. The number of nitrogens with zero attached hydrogens (tertiary/aromatic N) is 4. The van der Waals surface area contributed by atoms with Crippen LogP contribution in [0.5, 0.6) is 0 Å². The summed E-state index contributed by atoms with van der Waals surface area (Å²) in [5.41, 5.74) is 1.54. The van der Waals surface area contributed by atoms with Gasteiger partial charge in [-0.3, -0.25) is 9.78 Å². The van der Waals surface area contributed by atoms with Crippen molar-refractivity contribution in [1.29, 1.82) is 0 Å². The number of aryl methyl sites for hydroxylation is 1. The first-order valence-corrected chi connectivity index (χ1v) is 7.31. The van der Waals surface area contributed by atoms with Crippen LogP contribution in [0.15, 0.2) is 30.7 Å². The molecule has 2 N–H and O–H groups in total. The molecule has 2 aromatic heterocycles. The lowest BCUT2D eigenvalue weighted by molar-refractivity contribution is -0.118. The molecular formula is C15H17FN6O. The van der Waals surface area contributed by atoms with E-state index in [0.717, 1.165) is 18.1 Å². The van der Waals surface area contributed by atoms with E-state index in [4.69, 9.17) is 0 Å². The topological polar surface area (TPSA) is 83.0 Å². The van der Waals surface area contributed by atoms with Crippen molar-refractivity contribution in [3.8, 4) is 0 Å². The Kier molecular flexibility index (Phi) is 4.42. The molecule has 1 amide bonds. The zero-order valence-corrected chi connectivity index (χ0v) is 12.7. The van der Waals surface area contributed by atoms with Gasteiger partial charge < -0.3 is 15.5 Å². The molecule has 7 nitrogen and oxygen atoms in total. The van der Waals surface area contributed by atoms with Gasteiger partial charge in [-0.15, -0.1) is 0 Å². The number of rotatable bonds is 3. The largest absolute Gasteiger partial charge is 0.337 e. The molecule has 1 fully saturated rings. The van der Waals surface area contributed by atoms with E-state index < -0.39 is 11.9 Å². The van der Waals surface area contributed by atoms with Crippen molar-refractivity contribution in [2.75, 3.05) is 29.9 Å². The second-order valence-electron chi connectivity index (χ2n) is 5.33. The molecule has 23 heavy (non-hydrogen) atoms. The summed E-state index contributed by atoms with van der Waals surface area (Å²) in [6.07, 6.45) is 3.87. The van der Waals surface area contributed by atoms with E-state index in [1.807, 2.05) is 24.0 Å². The maximum absolute atomic E-state index is 12.9. The van der Waals surface area contributed by atoms with Gasteiger partial charge in [0, 0.05) is 25.3 Å². The third-order valence-corrected chi connectivity index (χ3v) is 3.56. The number of hydrogen-bond acceptors (Lipinski definition) is 6. The Morgan fingerprint density at radius 3 is 2.78 bits per heavy atom. The molecule has 120 valence electrons. The molecule has 1 atom stereocenters. The van der Waals surface area contributed by atoms with Crippen molar-refractivity contribution in [2.24, 2.45) is 0 Å². The first-order chi connectivity index (χ1) is 11.1. The van der Waals surface area contributed by atoms with Gasteiger partial charge in [-0.25, -0.2) is 14.4 Å². The van der Waals surface area contributed by atoms with E-state index in [1.54, 1.807) is 6.20 Å². The second-order valence-corrected chi connectivity index (χ2v) is 5.33. The number of halogens is 1. The molecule has 0 aliphatic carbocycles. The van der Waals surface area contributed by atoms with Crippen LogP contribution in [0.25, 0.3) is 0 Å². The molecule has 3 heterocycles. The molecule has 1 saturated heterocycles. The van der Waals surface area contributed by atoms with Crippen LogP contribution in [-0.4, -0.2) is 46.5 Å². The highest BCUT2D eigenvalue weighted by atomic mass is 19.1. The summed E-state index contributed by atoms with van der Waals surface area (Å²) in [6, 6.07) is 3.24. The maximum Gasteiger partial charge on any atom is 0.243 e. The van der Waals surface area contributed by atoms with Gasteiger partial charge in [0.15, 0.2) is 5.82 Å². The molecule has 0 unspecified atom stereocenters. The van der Waals surface area contributed by atoms with Crippen molar-refractivity contribution >= 4 is 17.5 Å². The number of nitrogens with one attached hydrogen (secondary N) is 2. The summed E-state index contributed by atoms with van der Waals surface area (Å²) in [6.45, 7) is 3.57. The highest BCUT2D eigenvalue weighted by Crippen LogP contribution is 2.12. The number of aromatic nitrogens is 3. The number of anilines is 2. The van der Waals surface area contributed by atoms with Crippen LogP contribution in [0, 0.1) is 12.7 Å². The minimum absolute atomic E-state index is 0.150. The number of carbonyl (C=O) groups is 1. The van der Waals surface area contributed by atoms with E-state index in [2.05, 4.69) is 25.6 Å². The normalized spacial score (nSPS) is 17.8. The van der Waals surface area contributed by atoms with Gasteiger partial charge in [0.1, 0.15) is 6.04 Å². The highest BCUT2D eigenvalue weighted by Gasteiger charge is 2.26. The summed E-state index contributed by atoms with van der Waals surface area (Å²) in [5, 5.41) is 5.99. The highest BCUT2D eigenvalue weighted by molar-refractivity contribution is 5.95. The monoisotopic (exact) mass is 316 g/mol. The van der Waals surface area contributed by atoms with E-state index in [1.165, 1.54) is 0 Å². The number of piperazine rings is 1. The Balaban J connectivity index is 1.64. The van der Waals surface area contributed by atoms with Gasteiger partial charge in [0.2, 0.25) is 11.9 Å². The average molecular weight is 316 g/mol. The van der Waals surface area contributed by atoms with Crippen LogP contribution in [-0.2, 0) is 4.79 Å². The summed E-state index contributed by atoms with van der Waals surface area (Å²) < 4.78 is 12.9. The zero-order chi connectivity index (χ0) is 16.2. The molecule has 0 radical (unpaired) electrons. The summed E-state index contributed by atoms with van der Waals surface area (Å²) in [5.74, 6) is -0.213. The Morgan fingerprint density at radius 1 is 1.30 bits per heavy atom. The predicted molar refractivity (Wildman–Crippen MR) is 83.6 cm³/mol. The SMILES string of the molecule is Cc1ccc(NC(=O)[C@@H]2CN(c3ncc(F)cn3)CCN2)cn1. The molecule has 1 aliphatic heterocycles. The Labute approximate surface area is 133 Å². The molecule has 0 spiro atoms. The fourth-order valence-corrected chi connectivity index (χ4v) is 2.35. The van der Waals surface area contributed by atoms with Crippen LogP contribution < -0.4 is 15.5 Å². The van der Waals surface area contributed by atoms with E-state index in [-0.39, 0.29) is 5.91 Å². The molecule has 0 bridgehead atoms. The first kappa shape index (κ1) is 15.3. The third-order valence-electron chi connectivity index (χ3n) is 3.56. The molecule has 3 rings (SSSR count). The first-order valence-electron chi connectivity index (χ1n) is 7.31. The van der Waals surface area contributed by atoms with Gasteiger partial charge in [-0.05, 0) is 19.1 Å².